The fourth-order valence-electron chi connectivity index (χ4n) is 2.34. The molecule has 0 bridgehead atoms. The van der Waals surface area contributed by atoms with Gasteiger partial charge in [-0.25, -0.2) is 0 Å². The first-order valence-corrected chi connectivity index (χ1v) is 8.69. The van der Waals surface area contributed by atoms with Gasteiger partial charge < -0.3 is 24.4 Å². The van der Waals surface area contributed by atoms with Crippen molar-refractivity contribution in [2.75, 3.05) is 27.4 Å². The van der Waals surface area contributed by atoms with Crippen molar-refractivity contribution in [1.29, 1.82) is 0 Å². The quantitative estimate of drug-likeness (QED) is 0.457. The van der Waals surface area contributed by atoms with Crippen LogP contribution in [0.2, 0.25) is 0 Å². The Labute approximate surface area is 167 Å². The van der Waals surface area contributed by atoms with Crippen LogP contribution in [0.1, 0.15) is 11.1 Å². The Balaban J connectivity index is 1.72. The monoisotopic (exact) mass is 408 g/mol. The van der Waals surface area contributed by atoms with E-state index in [0.717, 1.165) is 11.3 Å². The van der Waals surface area contributed by atoms with Crippen LogP contribution in [0.15, 0.2) is 47.6 Å². The van der Waals surface area contributed by atoms with E-state index in [1.165, 1.54) is 31.5 Å². The summed E-state index contributed by atoms with van der Waals surface area (Å²) in [5.74, 6) is 0.508. The van der Waals surface area contributed by atoms with Crippen molar-refractivity contribution in [3.63, 3.8) is 0 Å². The number of methoxy groups -OCH3 is 2. The van der Waals surface area contributed by atoms with Gasteiger partial charge in [-0.1, -0.05) is 17.3 Å². The molecule has 0 heterocycles. The number of nitrogens with zero attached hydrogens (tertiary/aromatic N) is 1. The lowest BCUT2D eigenvalue weighted by Crippen LogP contribution is -2.28. The molecule has 0 spiro atoms. The predicted octanol–water partition coefficient (Wildman–Crippen LogP) is 3.01. The Morgan fingerprint density at radius 1 is 1.10 bits per heavy atom. The number of amides is 1. The van der Waals surface area contributed by atoms with Crippen molar-refractivity contribution < 1.29 is 32.6 Å². The van der Waals surface area contributed by atoms with Gasteiger partial charge in [0.1, 0.15) is 5.75 Å². The topological polar surface area (TPSA) is 78.4 Å². The Kier molecular flexibility index (Phi) is 8.68. The second-order valence-corrected chi connectivity index (χ2v) is 5.74. The SMILES string of the molecule is COc1ccc(CCNC(=O)CO/N=C/c2ccc(OC(F)F)c(OC)c2)cc1. The average Bonchev–Trinajstić information content (AvgIpc) is 2.72. The summed E-state index contributed by atoms with van der Waals surface area (Å²) >= 11 is 0. The molecule has 0 aromatic heterocycles. The molecule has 1 amide bonds. The molecule has 9 heteroatoms. The first kappa shape index (κ1) is 21.9. The van der Waals surface area contributed by atoms with E-state index in [1.807, 2.05) is 24.3 Å². The predicted molar refractivity (Wildman–Crippen MR) is 103 cm³/mol. The molecule has 0 atom stereocenters. The van der Waals surface area contributed by atoms with Crippen LogP contribution in [0.5, 0.6) is 17.2 Å². The molecule has 2 aromatic carbocycles. The molecule has 0 radical (unpaired) electrons. The van der Waals surface area contributed by atoms with Gasteiger partial charge in [0, 0.05) is 12.1 Å². The maximum absolute atomic E-state index is 12.3. The highest BCUT2D eigenvalue weighted by Crippen LogP contribution is 2.28. The van der Waals surface area contributed by atoms with E-state index in [-0.39, 0.29) is 24.0 Å². The molecule has 0 unspecified atom stereocenters. The molecule has 7 nitrogen and oxygen atoms in total. The Bertz CT molecular complexity index is 813. The fraction of sp³-hybridized carbons (Fsp3) is 0.300. The normalized spacial score (nSPS) is 10.8. The first-order chi connectivity index (χ1) is 14.0. The third-order valence-corrected chi connectivity index (χ3v) is 3.77. The van der Waals surface area contributed by atoms with Crippen LogP contribution in [-0.2, 0) is 16.1 Å². The molecule has 0 saturated carbocycles. The molecule has 1 N–H and O–H groups in total. The minimum atomic E-state index is -2.95. The zero-order valence-electron chi connectivity index (χ0n) is 16.1. The number of benzene rings is 2. The molecular weight excluding hydrogens is 386 g/mol. The van der Waals surface area contributed by atoms with Crippen LogP contribution in [0.3, 0.4) is 0 Å². The summed E-state index contributed by atoms with van der Waals surface area (Å²) in [6.45, 7) is -2.74. The number of alkyl halides is 2. The second kappa shape index (κ2) is 11.5. The van der Waals surface area contributed by atoms with Crippen LogP contribution in [-0.4, -0.2) is 46.1 Å². The van der Waals surface area contributed by atoms with Crippen molar-refractivity contribution in [2.45, 2.75) is 13.0 Å². The van der Waals surface area contributed by atoms with Crippen LogP contribution in [0, 0.1) is 0 Å². The van der Waals surface area contributed by atoms with Crippen molar-refractivity contribution in [2.24, 2.45) is 5.16 Å². The third kappa shape index (κ3) is 7.65. The standard InChI is InChI=1S/C20H22F2N2O5/c1-26-16-6-3-14(4-7-16)9-10-23-19(25)13-28-24-12-15-5-8-17(29-20(21)22)18(11-15)27-2/h3-8,11-12,20H,9-10,13H2,1-2H3,(H,23,25)/b24-12+. The van der Waals surface area contributed by atoms with E-state index in [4.69, 9.17) is 14.3 Å². The Morgan fingerprint density at radius 3 is 2.52 bits per heavy atom. The van der Waals surface area contributed by atoms with Gasteiger partial charge in [0.15, 0.2) is 18.1 Å². The molecule has 29 heavy (non-hydrogen) atoms. The number of halogens is 2. The number of rotatable bonds is 11. The Hall–Kier alpha value is -3.36. The summed E-state index contributed by atoms with van der Waals surface area (Å²) in [6, 6.07) is 11.9. The highest BCUT2D eigenvalue weighted by Gasteiger charge is 2.10. The van der Waals surface area contributed by atoms with Crippen molar-refractivity contribution in [1.82, 2.24) is 5.32 Å². The fourth-order valence-corrected chi connectivity index (χ4v) is 2.34. The van der Waals surface area contributed by atoms with Crippen molar-refractivity contribution in [3.05, 3.63) is 53.6 Å². The lowest BCUT2D eigenvalue weighted by Gasteiger charge is -2.09. The minimum Gasteiger partial charge on any atom is -0.497 e. The van der Waals surface area contributed by atoms with Gasteiger partial charge in [0.25, 0.3) is 5.91 Å². The van der Waals surface area contributed by atoms with Gasteiger partial charge in [0.2, 0.25) is 0 Å². The number of ether oxygens (including phenoxy) is 3. The smallest absolute Gasteiger partial charge is 0.387 e. The maximum Gasteiger partial charge on any atom is 0.387 e. The number of hydrogen-bond acceptors (Lipinski definition) is 6. The largest absolute Gasteiger partial charge is 0.497 e. The van der Waals surface area contributed by atoms with Gasteiger partial charge in [-0.3, -0.25) is 4.79 Å². The molecule has 156 valence electrons. The molecule has 2 aromatic rings. The van der Waals surface area contributed by atoms with E-state index in [9.17, 15) is 13.6 Å². The van der Waals surface area contributed by atoms with Gasteiger partial charge in [0.05, 0.1) is 20.4 Å². The molecule has 0 saturated heterocycles. The van der Waals surface area contributed by atoms with Crippen LogP contribution in [0.4, 0.5) is 8.78 Å². The lowest BCUT2D eigenvalue weighted by atomic mass is 10.1. The molecule has 0 fully saturated rings. The molecular formula is C20H22F2N2O5. The van der Waals surface area contributed by atoms with Crippen molar-refractivity contribution >= 4 is 12.1 Å². The summed E-state index contributed by atoms with van der Waals surface area (Å²) in [5, 5.41) is 6.41. The van der Waals surface area contributed by atoms with Crippen LogP contribution in [0.25, 0.3) is 0 Å². The van der Waals surface area contributed by atoms with Gasteiger partial charge >= 0.3 is 6.61 Å². The zero-order chi connectivity index (χ0) is 21.1. The lowest BCUT2D eigenvalue weighted by molar-refractivity contribution is -0.125. The van der Waals surface area contributed by atoms with E-state index in [2.05, 4.69) is 15.2 Å². The summed E-state index contributed by atoms with van der Waals surface area (Å²) in [4.78, 5) is 16.7. The number of oxime groups is 1. The Morgan fingerprint density at radius 2 is 1.86 bits per heavy atom. The van der Waals surface area contributed by atoms with Gasteiger partial charge in [-0.2, -0.15) is 8.78 Å². The van der Waals surface area contributed by atoms with Gasteiger partial charge in [-0.15, -0.1) is 0 Å². The molecule has 0 aliphatic carbocycles. The molecule has 0 aliphatic heterocycles. The van der Waals surface area contributed by atoms with E-state index in [0.29, 0.717) is 18.5 Å². The third-order valence-electron chi connectivity index (χ3n) is 3.77. The van der Waals surface area contributed by atoms with Crippen LogP contribution >= 0.6 is 0 Å². The highest BCUT2D eigenvalue weighted by atomic mass is 19.3. The maximum atomic E-state index is 12.3. The van der Waals surface area contributed by atoms with E-state index >= 15 is 0 Å². The number of carbonyl (C=O) groups is 1. The van der Waals surface area contributed by atoms with E-state index in [1.54, 1.807) is 7.11 Å². The molecule has 0 aliphatic rings. The first-order valence-electron chi connectivity index (χ1n) is 8.69. The summed E-state index contributed by atoms with van der Waals surface area (Å²) < 4.78 is 39.0. The second-order valence-electron chi connectivity index (χ2n) is 5.74. The van der Waals surface area contributed by atoms with Crippen molar-refractivity contribution in [3.8, 4) is 17.2 Å². The van der Waals surface area contributed by atoms with Crippen LogP contribution < -0.4 is 19.5 Å². The highest BCUT2D eigenvalue weighted by molar-refractivity contribution is 5.81. The summed E-state index contributed by atoms with van der Waals surface area (Å²) in [5.41, 5.74) is 1.60. The summed E-state index contributed by atoms with van der Waals surface area (Å²) in [6.07, 6.45) is 2.01. The zero-order valence-corrected chi connectivity index (χ0v) is 16.1. The number of nitrogens with one attached hydrogen (secondary N) is 1. The van der Waals surface area contributed by atoms with Gasteiger partial charge in [-0.05, 0) is 42.3 Å². The average molecular weight is 408 g/mol. The number of carbonyl (C=O) groups excluding carboxylic acids is 1. The minimum absolute atomic E-state index is 0.0863. The summed E-state index contributed by atoms with van der Waals surface area (Å²) in [7, 11) is 2.94. The van der Waals surface area contributed by atoms with E-state index < -0.39 is 6.61 Å². The molecule has 2 rings (SSSR count). The number of hydrogen-bond donors (Lipinski definition) is 1.